The van der Waals surface area contributed by atoms with Gasteiger partial charge in [0.15, 0.2) is 0 Å². The van der Waals surface area contributed by atoms with E-state index in [1.165, 1.54) is 32.1 Å². The topological polar surface area (TPSA) is 26.3 Å². The summed E-state index contributed by atoms with van der Waals surface area (Å²) >= 11 is 0. The van der Waals surface area contributed by atoms with Crippen LogP contribution in [0.2, 0.25) is 0 Å². The third kappa shape index (κ3) is 16.7. The molecule has 1 unspecified atom stereocenters. The van der Waals surface area contributed by atoms with Gasteiger partial charge >= 0.3 is 5.97 Å². The van der Waals surface area contributed by atoms with Crippen molar-refractivity contribution in [1.82, 2.24) is 0 Å². The van der Waals surface area contributed by atoms with Gasteiger partial charge in [-0.3, -0.25) is 4.79 Å². The highest BCUT2D eigenvalue weighted by Crippen LogP contribution is 2.23. The largest absolute Gasteiger partial charge is 0.465 e. The predicted molar refractivity (Wildman–Crippen MR) is 116 cm³/mol. The lowest BCUT2D eigenvalue weighted by Gasteiger charge is -2.22. The summed E-state index contributed by atoms with van der Waals surface area (Å²) in [5, 5.41) is 0. The fourth-order valence-corrected chi connectivity index (χ4v) is 1.68. The smallest absolute Gasteiger partial charge is 0.311 e. The van der Waals surface area contributed by atoms with E-state index < -0.39 is 0 Å². The molecular weight excluding hydrogens is 308 g/mol. The SMILES string of the molecule is C.C.CCC(C)(C)CC.CCCCC(CC)COC(=O)C(C)(C)CC. The molecule has 0 saturated carbocycles. The van der Waals surface area contributed by atoms with Gasteiger partial charge in [-0.2, -0.15) is 0 Å². The van der Waals surface area contributed by atoms with E-state index in [4.69, 9.17) is 4.74 Å². The third-order valence-corrected chi connectivity index (χ3v) is 5.34. The minimum Gasteiger partial charge on any atom is -0.465 e. The van der Waals surface area contributed by atoms with E-state index in [-0.39, 0.29) is 26.2 Å². The number of ether oxygens (including phenoxy) is 1. The van der Waals surface area contributed by atoms with E-state index in [9.17, 15) is 4.79 Å². The van der Waals surface area contributed by atoms with Crippen molar-refractivity contribution in [2.45, 2.75) is 122 Å². The molecule has 0 radical (unpaired) electrons. The summed E-state index contributed by atoms with van der Waals surface area (Å²) < 4.78 is 5.41. The first-order valence-corrected chi connectivity index (χ1v) is 9.77. The van der Waals surface area contributed by atoms with Crippen LogP contribution in [-0.2, 0) is 9.53 Å². The first kappa shape index (κ1) is 32.2. The number of carbonyl (C=O) groups excluding carboxylic acids is 1. The maximum absolute atomic E-state index is 11.8. The van der Waals surface area contributed by atoms with Crippen LogP contribution in [-0.4, -0.2) is 12.6 Å². The molecule has 0 spiro atoms. The molecule has 1 atom stereocenters. The fourth-order valence-electron chi connectivity index (χ4n) is 1.68. The molecule has 0 rings (SSSR count). The summed E-state index contributed by atoms with van der Waals surface area (Å²) in [6, 6.07) is 0. The standard InChI is InChI=1S/C14H28O2.C7H16.2CH4/c1-6-9-10-12(7-2)11-16-13(15)14(4,5)8-3;1-5-7(3,4)6-2;;/h12H,6-11H2,1-5H3;5-6H2,1-4H3;2*1H4. The van der Waals surface area contributed by atoms with Gasteiger partial charge in [0.2, 0.25) is 0 Å². The quantitative estimate of drug-likeness (QED) is 0.366. The molecule has 156 valence electrons. The Morgan fingerprint density at radius 1 is 0.880 bits per heavy atom. The van der Waals surface area contributed by atoms with E-state index >= 15 is 0 Å². The van der Waals surface area contributed by atoms with E-state index in [1.807, 2.05) is 20.8 Å². The van der Waals surface area contributed by atoms with Gasteiger partial charge in [0.25, 0.3) is 0 Å². The van der Waals surface area contributed by atoms with Gasteiger partial charge in [-0.05, 0) is 38.0 Å². The Morgan fingerprint density at radius 3 is 1.64 bits per heavy atom. The van der Waals surface area contributed by atoms with Crippen molar-refractivity contribution in [1.29, 1.82) is 0 Å². The third-order valence-electron chi connectivity index (χ3n) is 5.34. The number of esters is 1. The lowest BCUT2D eigenvalue weighted by Crippen LogP contribution is -2.27. The Hall–Kier alpha value is -0.530. The minimum atomic E-state index is -0.330. The summed E-state index contributed by atoms with van der Waals surface area (Å²) in [5.41, 5.74) is 0.253. The van der Waals surface area contributed by atoms with Gasteiger partial charge in [-0.15, -0.1) is 0 Å². The number of carbonyl (C=O) groups is 1. The molecule has 0 aliphatic carbocycles. The van der Waals surface area contributed by atoms with Crippen LogP contribution in [0.4, 0.5) is 0 Å². The highest BCUT2D eigenvalue weighted by molar-refractivity contribution is 5.75. The Bertz CT molecular complexity index is 286. The lowest BCUT2D eigenvalue weighted by atomic mass is 9.88. The van der Waals surface area contributed by atoms with Crippen molar-refractivity contribution >= 4 is 5.97 Å². The molecule has 0 fully saturated rings. The number of hydrogen-bond donors (Lipinski definition) is 0. The van der Waals surface area contributed by atoms with Crippen LogP contribution in [0.5, 0.6) is 0 Å². The maximum Gasteiger partial charge on any atom is 0.311 e. The van der Waals surface area contributed by atoms with Crippen molar-refractivity contribution in [3.05, 3.63) is 0 Å². The first-order valence-electron chi connectivity index (χ1n) is 9.77. The number of hydrogen-bond acceptors (Lipinski definition) is 2. The molecule has 2 nitrogen and oxygen atoms in total. The van der Waals surface area contributed by atoms with E-state index in [2.05, 4.69) is 41.5 Å². The van der Waals surface area contributed by atoms with Crippen LogP contribution in [0.1, 0.15) is 122 Å². The van der Waals surface area contributed by atoms with Crippen LogP contribution in [0.15, 0.2) is 0 Å². The van der Waals surface area contributed by atoms with Crippen molar-refractivity contribution in [3.8, 4) is 0 Å². The Morgan fingerprint density at radius 2 is 1.36 bits per heavy atom. The second-order valence-electron chi connectivity index (χ2n) is 8.12. The average Bonchev–Trinajstić information content (AvgIpc) is 2.55. The normalized spacial score (nSPS) is 12.0. The van der Waals surface area contributed by atoms with Gasteiger partial charge in [-0.1, -0.05) is 95.4 Å². The molecule has 0 aromatic carbocycles. The summed E-state index contributed by atoms with van der Waals surface area (Å²) in [6.07, 6.45) is 8.13. The van der Waals surface area contributed by atoms with Crippen LogP contribution in [0, 0.1) is 16.7 Å². The van der Waals surface area contributed by atoms with Crippen molar-refractivity contribution < 1.29 is 9.53 Å². The molecular formula is C23H52O2. The van der Waals surface area contributed by atoms with E-state index in [0.29, 0.717) is 17.9 Å². The second-order valence-corrected chi connectivity index (χ2v) is 8.12. The number of unbranched alkanes of at least 4 members (excludes halogenated alkanes) is 1. The van der Waals surface area contributed by atoms with Crippen LogP contribution >= 0.6 is 0 Å². The lowest BCUT2D eigenvalue weighted by molar-refractivity contribution is -0.155. The Kier molecular flexibility index (Phi) is 21.8. The highest BCUT2D eigenvalue weighted by Gasteiger charge is 2.27. The summed E-state index contributed by atoms with van der Waals surface area (Å²) in [7, 11) is 0. The molecule has 0 saturated heterocycles. The molecule has 2 heteroatoms. The first-order chi connectivity index (χ1) is 10.6. The van der Waals surface area contributed by atoms with Gasteiger partial charge in [0.1, 0.15) is 0 Å². The van der Waals surface area contributed by atoms with Crippen LogP contribution in [0.3, 0.4) is 0 Å². The zero-order valence-corrected chi connectivity index (χ0v) is 17.6. The molecule has 0 bridgehead atoms. The van der Waals surface area contributed by atoms with Crippen molar-refractivity contribution in [3.63, 3.8) is 0 Å². The summed E-state index contributed by atoms with van der Waals surface area (Å²) in [5.74, 6) is 0.488. The highest BCUT2D eigenvalue weighted by atomic mass is 16.5. The van der Waals surface area contributed by atoms with Crippen molar-refractivity contribution in [2.75, 3.05) is 6.61 Å². The van der Waals surface area contributed by atoms with Gasteiger partial charge < -0.3 is 4.74 Å². The van der Waals surface area contributed by atoms with Crippen LogP contribution < -0.4 is 0 Å². The zero-order chi connectivity index (χ0) is 18.5. The fraction of sp³-hybridized carbons (Fsp3) is 0.957. The zero-order valence-electron chi connectivity index (χ0n) is 17.6. The molecule has 0 N–H and O–H groups in total. The maximum atomic E-state index is 11.8. The molecule has 0 aliphatic heterocycles. The molecule has 0 heterocycles. The summed E-state index contributed by atoms with van der Waals surface area (Å²) in [6.45, 7) is 19.9. The number of rotatable bonds is 10. The van der Waals surface area contributed by atoms with Gasteiger partial charge in [-0.25, -0.2) is 0 Å². The monoisotopic (exact) mass is 360 g/mol. The molecule has 0 aromatic rings. The van der Waals surface area contributed by atoms with Gasteiger partial charge in [0, 0.05) is 0 Å². The van der Waals surface area contributed by atoms with E-state index in [1.54, 1.807) is 0 Å². The summed E-state index contributed by atoms with van der Waals surface area (Å²) in [4.78, 5) is 11.8. The Labute approximate surface area is 161 Å². The molecule has 25 heavy (non-hydrogen) atoms. The molecule has 0 amide bonds. The van der Waals surface area contributed by atoms with Crippen molar-refractivity contribution in [2.24, 2.45) is 16.7 Å². The van der Waals surface area contributed by atoms with Gasteiger partial charge in [0.05, 0.1) is 12.0 Å². The molecule has 0 aliphatic rings. The minimum absolute atomic E-state index is 0. The van der Waals surface area contributed by atoms with Crippen LogP contribution in [0.25, 0.3) is 0 Å². The predicted octanol–water partition coefficient (Wildman–Crippen LogP) is 8.29. The van der Waals surface area contributed by atoms with E-state index in [0.717, 1.165) is 12.8 Å². The second kappa shape index (κ2) is 16.9. The average molecular weight is 361 g/mol. The molecule has 0 aromatic heterocycles. The Balaban J connectivity index is -0.000000210.